The van der Waals surface area contributed by atoms with Crippen molar-refractivity contribution in [3.63, 3.8) is 0 Å². The number of halogens is 1. The number of hydrogen-bond acceptors (Lipinski definition) is 1. The van der Waals surface area contributed by atoms with Gasteiger partial charge in [-0.05, 0) is 28.8 Å². The first-order chi connectivity index (χ1) is 7.27. The summed E-state index contributed by atoms with van der Waals surface area (Å²) < 4.78 is 1.14. The third kappa shape index (κ3) is 1.21. The number of rotatable bonds is 0. The zero-order valence-electron chi connectivity index (χ0n) is 8.13. The average Bonchev–Trinajstić information content (AvgIpc) is 2.64. The number of anilines is 1. The second-order valence-corrected chi connectivity index (χ2v) is 4.68. The molecule has 0 saturated carbocycles. The maximum absolute atomic E-state index is 6.00. The third-order valence-electron chi connectivity index (χ3n) is 2.95. The third-order valence-corrected chi connectivity index (χ3v) is 3.61. The molecular weight excluding hydrogens is 250 g/mol. The smallest absolute Gasteiger partial charge is 0.0357 e. The minimum absolute atomic E-state index is 0.893. The molecule has 2 heteroatoms. The lowest BCUT2D eigenvalue weighted by atomic mass is 10.1. The Morgan fingerprint density at radius 2 is 1.87 bits per heavy atom. The second kappa shape index (κ2) is 3.11. The molecule has 0 aromatic heterocycles. The zero-order chi connectivity index (χ0) is 10.4. The molecule has 74 valence electrons. The van der Waals surface area contributed by atoms with Crippen LogP contribution >= 0.6 is 15.9 Å². The number of fused-ring (bicyclic) bond motifs is 3. The fourth-order valence-corrected chi connectivity index (χ4v) is 2.81. The Bertz CT molecular complexity index is 546. The van der Waals surface area contributed by atoms with E-state index in [1.807, 2.05) is 12.1 Å². The summed E-state index contributed by atoms with van der Waals surface area (Å²) in [7, 11) is 0. The van der Waals surface area contributed by atoms with Gasteiger partial charge in [0.25, 0.3) is 0 Å². The van der Waals surface area contributed by atoms with Crippen molar-refractivity contribution in [2.24, 2.45) is 0 Å². The van der Waals surface area contributed by atoms with E-state index in [1.165, 1.54) is 22.3 Å². The van der Waals surface area contributed by atoms with Gasteiger partial charge in [-0.3, -0.25) is 0 Å². The maximum Gasteiger partial charge on any atom is 0.0357 e. The van der Waals surface area contributed by atoms with Crippen molar-refractivity contribution in [3.05, 3.63) is 52.0 Å². The Kier molecular flexibility index (Phi) is 1.86. The number of benzene rings is 2. The number of nitrogen functional groups attached to an aromatic ring is 1. The van der Waals surface area contributed by atoms with Crippen LogP contribution < -0.4 is 5.73 Å². The van der Waals surface area contributed by atoms with E-state index in [1.54, 1.807) is 0 Å². The van der Waals surface area contributed by atoms with Crippen LogP contribution in [0.5, 0.6) is 0 Å². The fourth-order valence-electron chi connectivity index (χ4n) is 2.23. The summed E-state index contributed by atoms with van der Waals surface area (Å²) in [4.78, 5) is 0. The summed E-state index contributed by atoms with van der Waals surface area (Å²) in [5.74, 6) is 0. The first-order valence-electron chi connectivity index (χ1n) is 4.92. The molecule has 0 unspecified atom stereocenters. The molecule has 0 fully saturated rings. The molecule has 0 radical (unpaired) electrons. The van der Waals surface area contributed by atoms with Gasteiger partial charge in [0.15, 0.2) is 0 Å². The van der Waals surface area contributed by atoms with Crippen molar-refractivity contribution in [2.75, 3.05) is 5.73 Å². The van der Waals surface area contributed by atoms with Crippen LogP contribution in [0.2, 0.25) is 0 Å². The molecule has 0 amide bonds. The van der Waals surface area contributed by atoms with Gasteiger partial charge in [-0.15, -0.1) is 0 Å². The molecular formula is C13H10BrN. The highest BCUT2D eigenvalue weighted by molar-refractivity contribution is 9.10. The quantitative estimate of drug-likeness (QED) is 0.614. The molecule has 0 spiro atoms. The lowest BCUT2D eigenvalue weighted by Gasteiger charge is -2.06. The van der Waals surface area contributed by atoms with Gasteiger partial charge in [0.05, 0.1) is 0 Å². The van der Waals surface area contributed by atoms with E-state index in [-0.39, 0.29) is 0 Å². The molecule has 1 nitrogen and oxygen atoms in total. The average molecular weight is 260 g/mol. The van der Waals surface area contributed by atoms with Crippen molar-refractivity contribution in [3.8, 4) is 11.1 Å². The van der Waals surface area contributed by atoms with Gasteiger partial charge >= 0.3 is 0 Å². The first kappa shape index (κ1) is 8.98. The number of hydrogen-bond donors (Lipinski definition) is 1. The second-order valence-electron chi connectivity index (χ2n) is 3.82. The lowest BCUT2D eigenvalue weighted by Crippen LogP contribution is -1.92. The summed E-state index contributed by atoms with van der Waals surface area (Å²) in [6, 6.07) is 12.5. The van der Waals surface area contributed by atoms with E-state index in [9.17, 15) is 0 Å². The minimum Gasteiger partial charge on any atom is -0.398 e. The summed E-state index contributed by atoms with van der Waals surface area (Å²) in [6.45, 7) is 0. The van der Waals surface area contributed by atoms with E-state index in [0.717, 1.165) is 16.6 Å². The molecule has 2 N–H and O–H groups in total. The van der Waals surface area contributed by atoms with Crippen molar-refractivity contribution in [1.29, 1.82) is 0 Å². The Morgan fingerprint density at radius 3 is 2.73 bits per heavy atom. The topological polar surface area (TPSA) is 26.0 Å². The van der Waals surface area contributed by atoms with Crippen LogP contribution in [0.1, 0.15) is 11.1 Å². The SMILES string of the molecule is Nc1ccc(Br)c2c1Cc1ccccc1-2. The van der Waals surface area contributed by atoms with E-state index >= 15 is 0 Å². The van der Waals surface area contributed by atoms with E-state index in [2.05, 4.69) is 40.2 Å². The van der Waals surface area contributed by atoms with E-state index < -0.39 is 0 Å². The molecule has 15 heavy (non-hydrogen) atoms. The molecule has 0 heterocycles. The highest BCUT2D eigenvalue weighted by Crippen LogP contribution is 2.43. The molecule has 0 atom stereocenters. The standard InChI is InChI=1S/C13H10BrN/c14-11-5-6-12(15)10-7-8-3-1-2-4-9(8)13(10)11/h1-6H,7,15H2. The van der Waals surface area contributed by atoms with Crippen LogP contribution in [-0.2, 0) is 6.42 Å². The summed E-state index contributed by atoms with van der Waals surface area (Å²) in [5.41, 5.74) is 12.1. The molecule has 2 aromatic rings. The Balaban J connectivity index is 2.37. The highest BCUT2D eigenvalue weighted by Gasteiger charge is 2.21. The maximum atomic E-state index is 6.00. The van der Waals surface area contributed by atoms with Gasteiger partial charge in [-0.2, -0.15) is 0 Å². The van der Waals surface area contributed by atoms with Gasteiger partial charge in [0.2, 0.25) is 0 Å². The monoisotopic (exact) mass is 259 g/mol. The molecule has 1 aliphatic carbocycles. The normalized spacial score (nSPS) is 12.3. The van der Waals surface area contributed by atoms with Crippen molar-refractivity contribution in [2.45, 2.75) is 6.42 Å². The highest BCUT2D eigenvalue weighted by atomic mass is 79.9. The molecule has 0 aliphatic heterocycles. The Hall–Kier alpha value is -1.28. The summed E-state index contributed by atoms with van der Waals surface area (Å²) in [6.07, 6.45) is 0.955. The first-order valence-corrected chi connectivity index (χ1v) is 5.72. The van der Waals surface area contributed by atoms with Crippen LogP contribution in [0.4, 0.5) is 5.69 Å². The Labute approximate surface area is 97.1 Å². The molecule has 0 saturated heterocycles. The fraction of sp³-hybridized carbons (Fsp3) is 0.0769. The van der Waals surface area contributed by atoms with E-state index in [0.29, 0.717) is 0 Å². The van der Waals surface area contributed by atoms with Crippen molar-refractivity contribution < 1.29 is 0 Å². The summed E-state index contributed by atoms with van der Waals surface area (Å²) in [5, 5.41) is 0. The van der Waals surface area contributed by atoms with Crippen molar-refractivity contribution in [1.82, 2.24) is 0 Å². The predicted molar refractivity (Wildman–Crippen MR) is 66.8 cm³/mol. The van der Waals surface area contributed by atoms with E-state index in [4.69, 9.17) is 5.73 Å². The zero-order valence-corrected chi connectivity index (χ0v) is 9.71. The van der Waals surface area contributed by atoms with Gasteiger partial charge in [0, 0.05) is 22.1 Å². The van der Waals surface area contributed by atoms with Crippen LogP contribution in [0.15, 0.2) is 40.9 Å². The molecule has 2 aromatic carbocycles. The van der Waals surface area contributed by atoms with Gasteiger partial charge in [0.1, 0.15) is 0 Å². The Morgan fingerprint density at radius 1 is 1.07 bits per heavy atom. The van der Waals surface area contributed by atoms with Gasteiger partial charge < -0.3 is 5.73 Å². The molecule has 3 rings (SSSR count). The molecule has 0 bridgehead atoms. The van der Waals surface area contributed by atoms with Gasteiger partial charge in [-0.1, -0.05) is 40.2 Å². The van der Waals surface area contributed by atoms with Crippen LogP contribution in [0.25, 0.3) is 11.1 Å². The van der Waals surface area contributed by atoms with Crippen LogP contribution in [0.3, 0.4) is 0 Å². The van der Waals surface area contributed by atoms with Crippen LogP contribution in [0, 0.1) is 0 Å². The largest absolute Gasteiger partial charge is 0.398 e. The minimum atomic E-state index is 0.893. The van der Waals surface area contributed by atoms with Crippen LogP contribution in [-0.4, -0.2) is 0 Å². The van der Waals surface area contributed by atoms with Crippen molar-refractivity contribution >= 4 is 21.6 Å². The summed E-state index contributed by atoms with van der Waals surface area (Å²) >= 11 is 3.60. The lowest BCUT2D eigenvalue weighted by molar-refractivity contribution is 1.26. The number of nitrogens with two attached hydrogens (primary N) is 1. The predicted octanol–water partition coefficient (Wildman–Crippen LogP) is 3.60. The van der Waals surface area contributed by atoms with Gasteiger partial charge in [-0.25, -0.2) is 0 Å². The molecule has 1 aliphatic rings.